The fourth-order valence-electron chi connectivity index (χ4n) is 2.73. The van der Waals surface area contributed by atoms with Gasteiger partial charge in [-0.05, 0) is 24.0 Å². The minimum Gasteiger partial charge on any atom is -0.373 e. The van der Waals surface area contributed by atoms with E-state index >= 15 is 0 Å². The fourth-order valence-corrected chi connectivity index (χ4v) is 2.73. The third-order valence-electron chi connectivity index (χ3n) is 3.61. The molecular weight excluding hydrogens is 250 g/mol. The number of aromatic nitrogens is 2. The molecule has 1 aliphatic heterocycles. The summed E-state index contributed by atoms with van der Waals surface area (Å²) in [6.45, 7) is 3.20. The van der Waals surface area contributed by atoms with Crippen molar-refractivity contribution in [1.29, 1.82) is 0 Å². The number of anilines is 4. The van der Waals surface area contributed by atoms with E-state index in [2.05, 4.69) is 51.4 Å². The summed E-state index contributed by atoms with van der Waals surface area (Å²) in [5.74, 6) is 2.46. The minimum atomic E-state index is 0.294. The molecule has 2 heterocycles. The maximum absolute atomic E-state index is 5.81. The number of benzene rings is 1. The van der Waals surface area contributed by atoms with E-state index in [1.807, 2.05) is 13.1 Å². The first-order valence-electron chi connectivity index (χ1n) is 6.85. The Morgan fingerprint density at radius 3 is 2.90 bits per heavy atom. The van der Waals surface area contributed by atoms with E-state index in [1.165, 1.54) is 11.3 Å². The van der Waals surface area contributed by atoms with Crippen LogP contribution < -0.4 is 16.0 Å². The van der Waals surface area contributed by atoms with E-state index < -0.39 is 0 Å². The lowest BCUT2D eigenvalue weighted by Gasteiger charge is -2.34. The summed E-state index contributed by atoms with van der Waals surface area (Å²) in [5.41, 5.74) is 8.38. The zero-order valence-corrected chi connectivity index (χ0v) is 11.8. The van der Waals surface area contributed by atoms with Crippen molar-refractivity contribution in [3.63, 3.8) is 0 Å². The van der Waals surface area contributed by atoms with Gasteiger partial charge in [0.1, 0.15) is 11.6 Å². The first kappa shape index (κ1) is 12.7. The van der Waals surface area contributed by atoms with Crippen LogP contribution in [0.15, 0.2) is 30.3 Å². The molecule has 0 saturated carbocycles. The van der Waals surface area contributed by atoms with Gasteiger partial charge in [0, 0.05) is 25.3 Å². The van der Waals surface area contributed by atoms with E-state index in [0.717, 1.165) is 24.6 Å². The zero-order valence-electron chi connectivity index (χ0n) is 11.8. The topological polar surface area (TPSA) is 67.1 Å². The number of hydrogen-bond acceptors (Lipinski definition) is 5. The SMILES string of the molecule is CNc1cc(N2CC(C)Cc3ccccc32)nc(N)n1. The van der Waals surface area contributed by atoms with Crippen LogP contribution in [0.2, 0.25) is 0 Å². The number of rotatable bonds is 2. The van der Waals surface area contributed by atoms with Crippen molar-refractivity contribution in [3.8, 4) is 0 Å². The van der Waals surface area contributed by atoms with Crippen LogP contribution in [0.3, 0.4) is 0 Å². The van der Waals surface area contributed by atoms with Crippen molar-refractivity contribution >= 4 is 23.3 Å². The number of nitrogen functional groups attached to an aromatic ring is 1. The maximum Gasteiger partial charge on any atom is 0.223 e. The van der Waals surface area contributed by atoms with Gasteiger partial charge < -0.3 is 16.0 Å². The smallest absolute Gasteiger partial charge is 0.223 e. The zero-order chi connectivity index (χ0) is 14.1. The summed E-state index contributed by atoms with van der Waals surface area (Å²) >= 11 is 0. The molecule has 2 aromatic rings. The van der Waals surface area contributed by atoms with E-state index in [-0.39, 0.29) is 0 Å². The summed E-state index contributed by atoms with van der Waals surface area (Å²) in [6, 6.07) is 10.4. The van der Waals surface area contributed by atoms with E-state index in [9.17, 15) is 0 Å². The highest BCUT2D eigenvalue weighted by Crippen LogP contribution is 2.35. The highest BCUT2D eigenvalue weighted by atomic mass is 15.2. The molecule has 1 unspecified atom stereocenters. The van der Waals surface area contributed by atoms with Crippen molar-refractivity contribution in [2.24, 2.45) is 5.92 Å². The van der Waals surface area contributed by atoms with Crippen molar-refractivity contribution in [2.45, 2.75) is 13.3 Å². The molecule has 0 aliphatic carbocycles. The van der Waals surface area contributed by atoms with E-state index in [4.69, 9.17) is 5.73 Å². The van der Waals surface area contributed by atoms with Crippen molar-refractivity contribution in [2.75, 3.05) is 29.5 Å². The number of fused-ring (bicyclic) bond motifs is 1. The van der Waals surface area contributed by atoms with Gasteiger partial charge in [-0.1, -0.05) is 25.1 Å². The van der Waals surface area contributed by atoms with Crippen LogP contribution in [-0.4, -0.2) is 23.6 Å². The maximum atomic E-state index is 5.81. The average molecular weight is 269 g/mol. The molecular formula is C15H19N5. The van der Waals surface area contributed by atoms with Crippen molar-refractivity contribution in [1.82, 2.24) is 9.97 Å². The highest BCUT2D eigenvalue weighted by Gasteiger charge is 2.23. The predicted molar refractivity (Wildman–Crippen MR) is 82.3 cm³/mol. The van der Waals surface area contributed by atoms with Gasteiger partial charge in [-0.15, -0.1) is 0 Å². The number of nitrogens with zero attached hydrogens (tertiary/aromatic N) is 3. The van der Waals surface area contributed by atoms with Gasteiger partial charge in [-0.25, -0.2) is 0 Å². The number of para-hydroxylation sites is 1. The molecule has 3 rings (SSSR count). The Kier molecular flexibility index (Phi) is 3.18. The summed E-state index contributed by atoms with van der Waals surface area (Å²) < 4.78 is 0. The van der Waals surface area contributed by atoms with E-state index in [1.54, 1.807) is 0 Å². The molecule has 0 radical (unpaired) electrons. The molecule has 5 heteroatoms. The lowest BCUT2D eigenvalue weighted by molar-refractivity contribution is 0.560. The van der Waals surface area contributed by atoms with Crippen LogP contribution in [0.1, 0.15) is 12.5 Å². The Morgan fingerprint density at radius 1 is 1.30 bits per heavy atom. The van der Waals surface area contributed by atoms with Crippen LogP contribution in [0.5, 0.6) is 0 Å². The molecule has 20 heavy (non-hydrogen) atoms. The van der Waals surface area contributed by atoms with Gasteiger partial charge in [-0.3, -0.25) is 0 Å². The van der Waals surface area contributed by atoms with Crippen LogP contribution in [0.4, 0.5) is 23.3 Å². The van der Waals surface area contributed by atoms with Gasteiger partial charge in [0.05, 0.1) is 0 Å². The molecule has 1 aromatic carbocycles. The molecule has 1 aliphatic rings. The molecule has 1 atom stereocenters. The summed E-state index contributed by atoms with van der Waals surface area (Å²) in [7, 11) is 1.83. The van der Waals surface area contributed by atoms with Crippen molar-refractivity contribution < 1.29 is 0 Å². The fraction of sp³-hybridized carbons (Fsp3) is 0.333. The van der Waals surface area contributed by atoms with Crippen molar-refractivity contribution in [3.05, 3.63) is 35.9 Å². The molecule has 0 saturated heterocycles. The third-order valence-corrected chi connectivity index (χ3v) is 3.61. The normalized spacial score (nSPS) is 17.7. The van der Waals surface area contributed by atoms with E-state index in [0.29, 0.717) is 11.9 Å². The van der Waals surface area contributed by atoms with Gasteiger partial charge in [0.15, 0.2) is 0 Å². The second-order valence-corrected chi connectivity index (χ2v) is 5.27. The first-order chi connectivity index (χ1) is 9.67. The van der Waals surface area contributed by atoms with Crippen LogP contribution in [0.25, 0.3) is 0 Å². The minimum absolute atomic E-state index is 0.294. The third kappa shape index (κ3) is 2.27. The Hall–Kier alpha value is -2.30. The second kappa shape index (κ2) is 5.00. The summed E-state index contributed by atoms with van der Waals surface area (Å²) in [6.07, 6.45) is 1.10. The second-order valence-electron chi connectivity index (χ2n) is 5.27. The Morgan fingerprint density at radius 2 is 2.10 bits per heavy atom. The Bertz CT molecular complexity index is 625. The van der Waals surface area contributed by atoms with Gasteiger partial charge >= 0.3 is 0 Å². The summed E-state index contributed by atoms with van der Waals surface area (Å²) in [4.78, 5) is 10.8. The lowest BCUT2D eigenvalue weighted by Crippen LogP contribution is -2.31. The molecule has 3 N–H and O–H groups in total. The predicted octanol–water partition coefficient (Wildman–Crippen LogP) is 2.43. The largest absolute Gasteiger partial charge is 0.373 e. The standard InChI is InChI=1S/C15H19N5/c1-10-7-11-5-3-4-6-12(11)20(9-10)14-8-13(17-2)18-15(16)19-14/h3-6,8,10H,7,9H2,1-2H3,(H3,16,17,18,19). The molecule has 0 fully saturated rings. The van der Waals surface area contributed by atoms with Gasteiger partial charge in [-0.2, -0.15) is 9.97 Å². The van der Waals surface area contributed by atoms with Crippen LogP contribution >= 0.6 is 0 Å². The monoisotopic (exact) mass is 269 g/mol. The molecule has 5 nitrogen and oxygen atoms in total. The van der Waals surface area contributed by atoms with Crippen LogP contribution in [-0.2, 0) is 6.42 Å². The number of hydrogen-bond donors (Lipinski definition) is 2. The van der Waals surface area contributed by atoms with Gasteiger partial charge in [0.25, 0.3) is 0 Å². The average Bonchev–Trinajstić information content (AvgIpc) is 2.45. The first-order valence-corrected chi connectivity index (χ1v) is 6.85. The molecule has 104 valence electrons. The number of nitrogens with two attached hydrogens (primary N) is 1. The molecule has 1 aromatic heterocycles. The number of nitrogens with one attached hydrogen (secondary N) is 1. The summed E-state index contributed by atoms with van der Waals surface area (Å²) in [5, 5.41) is 3.02. The lowest BCUT2D eigenvalue weighted by atomic mass is 9.94. The Balaban J connectivity index is 2.08. The molecule has 0 amide bonds. The van der Waals surface area contributed by atoms with Gasteiger partial charge in [0.2, 0.25) is 5.95 Å². The molecule has 0 bridgehead atoms. The highest BCUT2D eigenvalue weighted by molar-refractivity contribution is 5.68. The molecule has 0 spiro atoms. The Labute approximate surface area is 118 Å². The van der Waals surface area contributed by atoms with Crippen LogP contribution in [0, 0.1) is 5.92 Å². The quantitative estimate of drug-likeness (QED) is 0.876.